The van der Waals surface area contributed by atoms with E-state index in [0.29, 0.717) is 12.8 Å². The van der Waals surface area contributed by atoms with Gasteiger partial charge in [-0.15, -0.1) is 0 Å². The molecule has 2 aliphatic heterocycles. The first-order valence-corrected chi connectivity index (χ1v) is 7.36. The van der Waals surface area contributed by atoms with Gasteiger partial charge >= 0.3 is 0 Å². The highest BCUT2D eigenvalue weighted by Gasteiger charge is 2.23. The van der Waals surface area contributed by atoms with E-state index in [1.807, 2.05) is 0 Å². The van der Waals surface area contributed by atoms with Gasteiger partial charge in [-0.3, -0.25) is 0 Å². The monoisotopic (exact) mass is 311 g/mol. The Kier molecular flexibility index (Phi) is 3.48. The van der Waals surface area contributed by atoms with Gasteiger partial charge in [-0.2, -0.15) is 0 Å². The molecule has 0 aromatic heterocycles. The number of nitrogens with one attached hydrogen (secondary N) is 1. The zero-order valence-electron chi connectivity index (χ0n) is 10.6. The second-order valence-electron chi connectivity index (χ2n) is 5.07. The van der Waals surface area contributed by atoms with E-state index in [-0.39, 0.29) is 0 Å². The maximum absolute atomic E-state index is 5.52. The Hall–Kier alpha value is -0.740. The van der Waals surface area contributed by atoms with Gasteiger partial charge in [0.25, 0.3) is 0 Å². The summed E-state index contributed by atoms with van der Waals surface area (Å²) in [5, 5.41) is 3.60. The van der Waals surface area contributed by atoms with Crippen molar-refractivity contribution < 1.29 is 9.47 Å². The van der Waals surface area contributed by atoms with Gasteiger partial charge in [0.2, 0.25) is 6.79 Å². The van der Waals surface area contributed by atoms with Crippen molar-refractivity contribution in [3.63, 3.8) is 0 Å². The molecule has 1 saturated heterocycles. The third-order valence-electron chi connectivity index (χ3n) is 3.79. The molecule has 18 heavy (non-hydrogen) atoms. The van der Waals surface area contributed by atoms with Crippen LogP contribution in [-0.2, 0) is 6.42 Å². The molecule has 0 bridgehead atoms. The van der Waals surface area contributed by atoms with E-state index in [2.05, 4.69) is 34.2 Å². The molecular formula is C14H18BrNO2. The summed E-state index contributed by atoms with van der Waals surface area (Å²) in [5.74, 6) is 1.73. The maximum Gasteiger partial charge on any atom is 0.231 e. The zero-order chi connectivity index (χ0) is 12.5. The molecule has 0 spiro atoms. The molecule has 4 heteroatoms. The predicted molar refractivity (Wildman–Crippen MR) is 74.3 cm³/mol. The number of piperidine rings is 1. The van der Waals surface area contributed by atoms with E-state index < -0.39 is 0 Å². The zero-order valence-corrected chi connectivity index (χ0v) is 12.2. The van der Waals surface area contributed by atoms with Gasteiger partial charge in [0.15, 0.2) is 11.5 Å². The molecular weight excluding hydrogens is 294 g/mol. The Balaban J connectivity index is 1.87. The summed E-state index contributed by atoms with van der Waals surface area (Å²) in [6.45, 7) is 3.62. The number of aryl methyl sites for hydroxylation is 1. The van der Waals surface area contributed by atoms with E-state index in [0.717, 1.165) is 28.9 Å². The number of ether oxygens (including phenoxy) is 2. The Labute approximate surface area is 116 Å². The number of benzene rings is 1. The SMILES string of the molecule is Cc1cc2c(c(Br)c1CC1CCCCN1)OCO2. The third-order valence-corrected chi connectivity index (χ3v) is 4.63. The van der Waals surface area contributed by atoms with Gasteiger partial charge in [0, 0.05) is 6.04 Å². The maximum atomic E-state index is 5.52. The van der Waals surface area contributed by atoms with Crippen LogP contribution in [0.3, 0.4) is 0 Å². The van der Waals surface area contributed by atoms with Gasteiger partial charge < -0.3 is 14.8 Å². The summed E-state index contributed by atoms with van der Waals surface area (Å²) in [4.78, 5) is 0. The lowest BCUT2D eigenvalue weighted by molar-refractivity contribution is 0.173. The highest BCUT2D eigenvalue weighted by molar-refractivity contribution is 9.10. The van der Waals surface area contributed by atoms with E-state index >= 15 is 0 Å². The fourth-order valence-corrected chi connectivity index (χ4v) is 3.54. The fourth-order valence-electron chi connectivity index (χ4n) is 2.76. The van der Waals surface area contributed by atoms with E-state index in [1.54, 1.807) is 0 Å². The van der Waals surface area contributed by atoms with Crippen LogP contribution in [0.5, 0.6) is 11.5 Å². The molecule has 1 fully saturated rings. The lowest BCUT2D eigenvalue weighted by Gasteiger charge is -2.25. The van der Waals surface area contributed by atoms with Crippen molar-refractivity contribution in [3.8, 4) is 11.5 Å². The van der Waals surface area contributed by atoms with Crippen molar-refractivity contribution in [2.75, 3.05) is 13.3 Å². The molecule has 1 aromatic carbocycles. The molecule has 1 unspecified atom stereocenters. The van der Waals surface area contributed by atoms with Crippen LogP contribution >= 0.6 is 15.9 Å². The molecule has 1 N–H and O–H groups in total. The molecule has 2 heterocycles. The van der Waals surface area contributed by atoms with Gasteiger partial charge in [-0.05, 0) is 65.9 Å². The fraction of sp³-hybridized carbons (Fsp3) is 0.571. The number of halogens is 1. The summed E-state index contributed by atoms with van der Waals surface area (Å²) < 4.78 is 12.0. The molecule has 2 aliphatic rings. The number of hydrogen-bond acceptors (Lipinski definition) is 3. The smallest absolute Gasteiger partial charge is 0.231 e. The minimum absolute atomic E-state index is 0.332. The average molecular weight is 312 g/mol. The molecule has 98 valence electrons. The van der Waals surface area contributed by atoms with Crippen LogP contribution in [-0.4, -0.2) is 19.4 Å². The van der Waals surface area contributed by atoms with Crippen LogP contribution in [0, 0.1) is 6.92 Å². The van der Waals surface area contributed by atoms with Crippen LogP contribution in [0.1, 0.15) is 30.4 Å². The minimum Gasteiger partial charge on any atom is -0.454 e. The number of rotatable bonds is 2. The van der Waals surface area contributed by atoms with Crippen LogP contribution in [0.2, 0.25) is 0 Å². The summed E-state index contributed by atoms with van der Waals surface area (Å²) in [6, 6.07) is 2.68. The Morgan fingerprint density at radius 3 is 3.06 bits per heavy atom. The second kappa shape index (κ2) is 5.10. The Bertz CT molecular complexity index is 456. The van der Waals surface area contributed by atoms with Crippen molar-refractivity contribution in [2.45, 2.75) is 38.6 Å². The molecule has 0 amide bonds. The second-order valence-corrected chi connectivity index (χ2v) is 5.86. The minimum atomic E-state index is 0.332. The van der Waals surface area contributed by atoms with Gasteiger partial charge in [-0.25, -0.2) is 0 Å². The first kappa shape index (κ1) is 12.3. The highest BCUT2D eigenvalue weighted by atomic mass is 79.9. The van der Waals surface area contributed by atoms with E-state index in [1.165, 1.54) is 30.4 Å². The van der Waals surface area contributed by atoms with Crippen LogP contribution in [0.25, 0.3) is 0 Å². The van der Waals surface area contributed by atoms with E-state index in [9.17, 15) is 0 Å². The van der Waals surface area contributed by atoms with Gasteiger partial charge in [-0.1, -0.05) is 6.42 Å². The lowest BCUT2D eigenvalue weighted by Crippen LogP contribution is -2.35. The molecule has 3 rings (SSSR count). The van der Waals surface area contributed by atoms with Crippen molar-refractivity contribution in [1.82, 2.24) is 5.32 Å². The summed E-state index contributed by atoms with van der Waals surface area (Å²) in [5.41, 5.74) is 2.62. The van der Waals surface area contributed by atoms with Gasteiger partial charge in [0.05, 0.1) is 4.47 Å². The molecule has 0 aliphatic carbocycles. The lowest BCUT2D eigenvalue weighted by atomic mass is 9.95. The number of fused-ring (bicyclic) bond motifs is 1. The van der Waals surface area contributed by atoms with Crippen LogP contribution < -0.4 is 14.8 Å². The van der Waals surface area contributed by atoms with Crippen LogP contribution in [0.15, 0.2) is 10.5 Å². The quantitative estimate of drug-likeness (QED) is 0.910. The van der Waals surface area contributed by atoms with E-state index in [4.69, 9.17) is 9.47 Å². The molecule has 1 atom stereocenters. The largest absolute Gasteiger partial charge is 0.454 e. The first-order chi connectivity index (χ1) is 8.75. The molecule has 0 saturated carbocycles. The van der Waals surface area contributed by atoms with Crippen molar-refractivity contribution in [1.29, 1.82) is 0 Å². The van der Waals surface area contributed by atoms with Crippen molar-refractivity contribution in [3.05, 3.63) is 21.7 Å². The predicted octanol–water partition coefficient (Wildman–Crippen LogP) is 3.17. The molecule has 0 radical (unpaired) electrons. The first-order valence-electron chi connectivity index (χ1n) is 6.56. The number of hydrogen-bond donors (Lipinski definition) is 1. The normalized spacial score (nSPS) is 22.2. The van der Waals surface area contributed by atoms with Crippen molar-refractivity contribution >= 4 is 15.9 Å². The standard InChI is InChI=1S/C14H18BrNO2/c1-9-6-12-14(18-8-17-12)13(15)11(9)7-10-4-2-3-5-16-10/h6,10,16H,2-5,7-8H2,1H3. The van der Waals surface area contributed by atoms with Crippen LogP contribution in [0.4, 0.5) is 0 Å². The Morgan fingerprint density at radius 2 is 2.28 bits per heavy atom. The third kappa shape index (κ3) is 2.24. The van der Waals surface area contributed by atoms with Crippen molar-refractivity contribution in [2.24, 2.45) is 0 Å². The topological polar surface area (TPSA) is 30.5 Å². The van der Waals surface area contributed by atoms with Gasteiger partial charge in [0.1, 0.15) is 0 Å². The molecule has 1 aromatic rings. The summed E-state index contributed by atoms with van der Waals surface area (Å²) >= 11 is 3.68. The summed E-state index contributed by atoms with van der Waals surface area (Å²) in [7, 11) is 0. The highest BCUT2D eigenvalue weighted by Crippen LogP contribution is 2.43. The summed E-state index contributed by atoms with van der Waals surface area (Å²) in [6.07, 6.45) is 4.96. The molecule has 3 nitrogen and oxygen atoms in total. The average Bonchev–Trinajstić information content (AvgIpc) is 2.84. The Morgan fingerprint density at radius 1 is 1.39 bits per heavy atom.